The molecule has 66 valence electrons. The van der Waals surface area contributed by atoms with Crippen LogP contribution in [0.5, 0.6) is 0 Å². The first-order chi connectivity index (χ1) is 4.00. The number of rotatable bonds is 0. The minimum atomic E-state index is -4.67. The van der Waals surface area contributed by atoms with Gasteiger partial charge in [0.25, 0.3) is 0 Å². The van der Waals surface area contributed by atoms with E-state index < -0.39 is 10.4 Å². The molecule has 0 bridgehead atoms. The van der Waals surface area contributed by atoms with E-state index in [4.69, 9.17) is 17.5 Å². The van der Waals surface area contributed by atoms with Crippen LogP contribution in [-0.2, 0) is 10.4 Å². The monoisotopic (exact) mass is 190 g/mol. The van der Waals surface area contributed by atoms with Crippen LogP contribution in [0, 0.1) is 0 Å². The summed E-state index contributed by atoms with van der Waals surface area (Å²) in [6.07, 6.45) is 9.08. The Hall–Kier alpha value is 0.220. The Balaban J connectivity index is 0. The van der Waals surface area contributed by atoms with Crippen LogP contribution in [0.25, 0.3) is 0 Å². The van der Waals surface area contributed by atoms with Gasteiger partial charge in [-0.3, -0.25) is 19.1 Å². The Morgan fingerprint density at radius 1 is 0.900 bits per heavy atom. The van der Waals surface area contributed by atoms with Gasteiger partial charge in [0.15, 0.2) is 0 Å². The Morgan fingerprint density at radius 2 is 0.900 bits per heavy atom. The summed E-state index contributed by atoms with van der Waals surface area (Å²) in [5.74, 6) is 0. The maximum atomic E-state index is 8.74. The molecule has 0 unspecified atom stereocenters. The highest BCUT2D eigenvalue weighted by Gasteiger charge is 1.86. The van der Waals surface area contributed by atoms with Crippen LogP contribution >= 0.6 is 10.0 Å². The largest absolute Gasteiger partial charge is 0.394 e. The van der Waals surface area contributed by atoms with Crippen LogP contribution in [0.2, 0.25) is 0 Å². The molecule has 0 heterocycles. The van der Waals surface area contributed by atoms with E-state index in [0.29, 0.717) is 0 Å². The third-order valence-corrected chi connectivity index (χ3v) is 0. The van der Waals surface area contributed by atoms with Crippen LogP contribution in [0.4, 0.5) is 0 Å². The van der Waals surface area contributed by atoms with E-state index in [2.05, 4.69) is 25.0 Å². The fourth-order valence-corrected chi connectivity index (χ4v) is 0. The Kier molecular flexibility index (Phi) is 5.36. The molecule has 0 aliphatic carbocycles. The molecule has 0 spiro atoms. The fourth-order valence-electron chi connectivity index (χ4n) is 0. The molecule has 10 heavy (non-hydrogen) atoms. The second kappa shape index (κ2) is 4.17. The molecule has 0 aromatic heterocycles. The van der Waals surface area contributed by atoms with Gasteiger partial charge in [0.1, 0.15) is 0 Å². The fraction of sp³-hybridized carbons (Fsp3) is 1.00. The topological polar surface area (TPSA) is 74.6 Å². The summed E-state index contributed by atoms with van der Waals surface area (Å²) in [4.78, 5) is 0. The molecule has 0 aromatic carbocycles. The van der Waals surface area contributed by atoms with Gasteiger partial charge in [-0.05, 0) is 25.0 Å². The normalized spacial score (nSPS) is 13.4. The molecule has 0 aromatic rings. The van der Waals surface area contributed by atoms with Crippen LogP contribution in [0.1, 0.15) is 0 Å². The first-order valence-corrected chi connectivity index (χ1v) is 6.99. The van der Waals surface area contributed by atoms with Gasteiger partial charge in [0.2, 0.25) is 0 Å². The standard InChI is InChI=1S/C4H12S.H2O4S/c2*1-5(2,3)4/h1-4H3;(H2,1,2,3,4). The average molecular weight is 190 g/mol. The van der Waals surface area contributed by atoms with Gasteiger partial charge >= 0.3 is 10.4 Å². The predicted octanol–water partition coefficient (Wildman–Crippen LogP) is 0.657. The van der Waals surface area contributed by atoms with E-state index in [1.807, 2.05) is 0 Å². The molecule has 2 N–H and O–H groups in total. The Morgan fingerprint density at radius 3 is 0.900 bits per heavy atom. The third-order valence-electron chi connectivity index (χ3n) is 0. The highest BCUT2D eigenvalue weighted by atomic mass is 32.3. The number of hydrogen-bond donors (Lipinski definition) is 2. The Bertz CT molecular complexity index is 150. The van der Waals surface area contributed by atoms with Gasteiger partial charge in [0.05, 0.1) is 0 Å². The molecule has 0 aliphatic rings. The second-order valence-corrected chi connectivity index (χ2v) is 8.69. The summed E-state index contributed by atoms with van der Waals surface area (Å²) in [5, 5.41) is 0. The van der Waals surface area contributed by atoms with Gasteiger partial charge in [-0.15, -0.1) is 0 Å². The first kappa shape index (κ1) is 12.9. The highest BCUT2D eigenvalue weighted by molar-refractivity contribution is 8.31. The van der Waals surface area contributed by atoms with Crippen molar-refractivity contribution in [2.24, 2.45) is 0 Å². The molecule has 4 nitrogen and oxygen atoms in total. The molecule has 0 atom stereocenters. The molecular weight excluding hydrogens is 176 g/mol. The zero-order valence-corrected chi connectivity index (χ0v) is 8.16. The third kappa shape index (κ3) is 8850. The van der Waals surface area contributed by atoms with Gasteiger partial charge in [-0.25, -0.2) is 0 Å². The van der Waals surface area contributed by atoms with Crippen LogP contribution in [-0.4, -0.2) is 42.5 Å². The van der Waals surface area contributed by atoms with E-state index in [1.165, 1.54) is 0 Å². The number of hydrogen-bond acceptors (Lipinski definition) is 2. The van der Waals surface area contributed by atoms with Crippen molar-refractivity contribution in [2.45, 2.75) is 0 Å². The van der Waals surface area contributed by atoms with Crippen molar-refractivity contribution in [1.82, 2.24) is 0 Å². The lowest BCUT2D eigenvalue weighted by Crippen LogP contribution is -1.89. The summed E-state index contributed by atoms with van der Waals surface area (Å²) in [6.45, 7) is 0. The molecule has 0 aliphatic heterocycles. The van der Waals surface area contributed by atoms with Crippen molar-refractivity contribution in [1.29, 1.82) is 0 Å². The second-order valence-electron chi connectivity index (χ2n) is 2.90. The van der Waals surface area contributed by atoms with Crippen molar-refractivity contribution >= 4 is 20.4 Å². The Labute approximate surface area is 63.5 Å². The van der Waals surface area contributed by atoms with Crippen molar-refractivity contribution < 1.29 is 17.5 Å². The smallest absolute Gasteiger partial charge is 0.264 e. The molecule has 0 fully saturated rings. The van der Waals surface area contributed by atoms with Gasteiger partial charge in [0, 0.05) is 0 Å². The SMILES string of the molecule is CS(C)(C)C.O=S(=O)(O)O. The molecule has 0 saturated carbocycles. The highest BCUT2D eigenvalue weighted by Crippen LogP contribution is 2.27. The van der Waals surface area contributed by atoms with Crippen molar-refractivity contribution in [3.05, 3.63) is 0 Å². The lowest BCUT2D eigenvalue weighted by atomic mass is 11.8. The van der Waals surface area contributed by atoms with Crippen molar-refractivity contribution in [3.8, 4) is 0 Å². The van der Waals surface area contributed by atoms with E-state index in [-0.39, 0.29) is 10.0 Å². The van der Waals surface area contributed by atoms with Crippen molar-refractivity contribution in [2.75, 3.05) is 25.0 Å². The van der Waals surface area contributed by atoms with Gasteiger partial charge in [-0.2, -0.15) is 8.42 Å². The minimum absolute atomic E-state index is 0.167. The quantitative estimate of drug-likeness (QED) is 0.550. The maximum absolute atomic E-state index is 8.74. The van der Waals surface area contributed by atoms with Gasteiger partial charge in [-0.1, -0.05) is 0 Å². The molecule has 0 rings (SSSR count). The van der Waals surface area contributed by atoms with E-state index in [1.54, 1.807) is 0 Å². The van der Waals surface area contributed by atoms with Crippen molar-refractivity contribution in [3.63, 3.8) is 0 Å². The van der Waals surface area contributed by atoms with Crippen LogP contribution in [0.3, 0.4) is 0 Å². The zero-order valence-electron chi connectivity index (χ0n) is 6.53. The summed E-state index contributed by atoms with van der Waals surface area (Å²) in [7, 11) is -4.83. The van der Waals surface area contributed by atoms with E-state index in [9.17, 15) is 0 Å². The average Bonchev–Trinajstić information content (AvgIpc) is 1.12. The summed E-state index contributed by atoms with van der Waals surface area (Å²) >= 11 is 0. The van der Waals surface area contributed by atoms with E-state index >= 15 is 0 Å². The summed E-state index contributed by atoms with van der Waals surface area (Å²) < 4.78 is 31.6. The van der Waals surface area contributed by atoms with E-state index in [0.717, 1.165) is 0 Å². The molecule has 6 heteroatoms. The zero-order chi connectivity index (χ0) is 9.00. The summed E-state index contributed by atoms with van der Waals surface area (Å²) in [6, 6.07) is 0. The molecule has 0 radical (unpaired) electrons. The molecule has 0 amide bonds. The maximum Gasteiger partial charge on any atom is 0.394 e. The van der Waals surface area contributed by atoms with Crippen LogP contribution in [0.15, 0.2) is 0 Å². The lowest BCUT2D eigenvalue weighted by Gasteiger charge is -2.15. The summed E-state index contributed by atoms with van der Waals surface area (Å²) in [5.41, 5.74) is 0. The lowest BCUT2D eigenvalue weighted by molar-refractivity contribution is 0.381. The predicted molar refractivity (Wildman–Crippen MR) is 45.5 cm³/mol. The first-order valence-electron chi connectivity index (χ1n) is 2.33. The molecular formula is C4H14O4S2. The molecule has 0 saturated heterocycles. The minimum Gasteiger partial charge on any atom is -0.264 e. The van der Waals surface area contributed by atoms with Crippen LogP contribution < -0.4 is 0 Å². The van der Waals surface area contributed by atoms with Gasteiger partial charge < -0.3 is 0 Å².